The average Bonchev–Trinajstić information content (AvgIpc) is 2.65. The van der Waals surface area contributed by atoms with Crippen LogP contribution in [0.15, 0.2) is 0 Å². The van der Waals surface area contributed by atoms with Gasteiger partial charge >= 0.3 is 0 Å². The monoisotopic (exact) mass is 295 g/mol. The second-order valence-electron chi connectivity index (χ2n) is 8.10. The van der Waals surface area contributed by atoms with Crippen molar-refractivity contribution < 1.29 is 0 Å². The van der Waals surface area contributed by atoms with Gasteiger partial charge in [-0.3, -0.25) is 4.90 Å². The lowest BCUT2D eigenvalue weighted by Crippen LogP contribution is -2.47. The van der Waals surface area contributed by atoms with E-state index in [0.717, 1.165) is 5.92 Å². The predicted molar refractivity (Wildman–Crippen MR) is 91.8 cm³/mol. The van der Waals surface area contributed by atoms with Gasteiger partial charge in [-0.15, -0.1) is 0 Å². The van der Waals surface area contributed by atoms with Gasteiger partial charge in [0.25, 0.3) is 0 Å². The van der Waals surface area contributed by atoms with E-state index in [2.05, 4.69) is 42.4 Å². The van der Waals surface area contributed by atoms with Crippen molar-refractivity contribution in [3.8, 4) is 0 Å². The van der Waals surface area contributed by atoms with Crippen molar-refractivity contribution in [1.82, 2.24) is 14.7 Å². The van der Waals surface area contributed by atoms with Crippen molar-refractivity contribution in [3.63, 3.8) is 0 Å². The Bertz CT molecular complexity index is 289. The van der Waals surface area contributed by atoms with E-state index in [9.17, 15) is 0 Å². The highest BCUT2D eigenvalue weighted by atomic mass is 15.2. The maximum absolute atomic E-state index is 2.74. The summed E-state index contributed by atoms with van der Waals surface area (Å²) in [7, 11) is 0. The molecular formula is C18H37N3. The zero-order valence-corrected chi connectivity index (χ0v) is 14.9. The SMILES string of the molecule is CCCN1CCCN(CC2CCN(C(C)(C)C)CC2)CC1. The van der Waals surface area contributed by atoms with Gasteiger partial charge in [0, 0.05) is 25.2 Å². The van der Waals surface area contributed by atoms with Gasteiger partial charge in [-0.2, -0.15) is 0 Å². The van der Waals surface area contributed by atoms with Crippen LogP contribution < -0.4 is 0 Å². The van der Waals surface area contributed by atoms with Crippen LogP contribution in [0.2, 0.25) is 0 Å². The van der Waals surface area contributed by atoms with Crippen LogP contribution in [0.5, 0.6) is 0 Å². The van der Waals surface area contributed by atoms with E-state index in [1.165, 1.54) is 78.0 Å². The van der Waals surface area contributed by atoms with Gasteiger partial charge in [-0.25, -0.2) is 0 Å². The molecular weight excluding hydrogens is 258 g/mol. The van der Waals surface area contributed by atoms with Gasteiger partial charge in [0.2, 0.25) is 0 Å². The molecule has 0 bridgehead atoms. The molecule has 0 saturated carbocycles. The molecule has 0 atom stereocenters. The van der Waals surface area contributed by atoms with E-state index in [1.807, 2.05) is 0 Å². The van der Waals surface area contributed by atoms with Crippen LogP contribution >= 0.6 is 0 Å². The number of likely N-dealkylation sites (tertiary alicyclic amines) is 1. The summed E-state index contributed by atoms with van der Waals surface area (Å²) in [4.78, 5) is 8.06. The largest absolute Gasteiger partial charge is 0.302 e. The van der Waals surface area contributed by atoms with Crippen LogP contribution in [0.3, 0.4) is 0 Å². The van der Waals surface area contributed by atoms with E-state index < -0.39 is 0 Å². The minimum absolute atomic E-state index is 0.355. The molecule has 21 heavy (non-hydrogen) atoms. The van der Waals surface area contributed by atoms with E-state index in [1.54, 1.807) is 0 Å². The third-order valence-electron chi connectivity index (χ3n) is 5.30. The summed E-state index contributed by atoms with van der Waals surface area (Å²) in [6, 6.07) is 0. The molecule has 2 saturated heterocycles. The van der Waals surface area contributed by atoms with Gasteiger partial charge in [-0.1, -0.05) is 6.92 Å². The van der Waals surface area contributed by atoms with Crippen LogP contribution in [0, 0.1) is 5.92 Å². The molecule has 0 amide bonds. The molecule has 2 aliphatic heterocycles. The average molecular weight is 296 g/mol. The van der Waals surface area contributed by atoms with Gasteiger partial charge in [0.05, 0.1) is 0 Å². The van der Waals surface area contributed by atoms with Crippen molar-refractivity contribution >= 4 is 0 Å². The zero-order valence-electron chi connectivity index (χ0n) is 14.9. The molecule has 0 aliphatic carbocycles. The van der Waals surface area contributed by atoms with Crippen molar-refractivity contribution in [2.24, 2.45) is 5.92 Å². The zero-order chi connectivity index (χ0) is 15.3. The lowest BCUT2D eigenvalue weighted by atomic mass is 9.92. The lowest BCUT2D eigenvalue weighted by molar-refractivity contribution is 0.0748. The molecule has 0 N–H and O–H groups in total. The minimum Gasteiger partial charge on any atom is -0.302 e. The van der Waals surface area contributed by atoms with Crippen molar-refractivity contribution in [2.45, 2.75) is 58.9 Å². The first-order valence-electron chi connectivity index (χ1n) is 9.19. The molecule has 2 aliphatic rings. The molecule has 0 spiro atoms. The number of piperidine rings is 1. The Balaban J connectivity index is 1.71. The summed E-state index contributed by atoms with van der Waals surface area (Å²) in [6.45, 7) is 19.8. The molecule has 0 aromatic rings. The molecule has 0 unspecified atom stereocenters. The smallest absolute Gasteiger partial charge is 0.0125 e. The molecule has 2 heterocycles. The summed E-state index contributed by atoms with van der Waals surface area (Å²) < 4.78 is 0. The molecule has 0 aromatic heterocycles. The standard InChI is InChI=1S/C18H37N3/c1-5-9-19-10-6-11-20(15-14-19)16-17-7-12-21(13-8-17)18(2,3)4/h17H,5-16H2,1-4H3. The van der Waals surface area contributed by atoms with Crippen LogP contribution in [0.1, 0.15) is 53.4 Å². The first-order chi connectivity index (χ1) is 9.99. The Kier molecular flexibility index (Phi) is 6.51. The second-order valence-corrected chi connectivity index (χ2v) is 8.10. The minimum atomic E-state index is 0.355. The van der Waals surface area contributed by atoms with Gasteiger partial charge in [0.1, 0.15) is 0 Å². The molecule has 3 nitrogen and oxygen atoms in total. The Hall–Kier alpha value is -0.120. The summed E-state index contributed by atoms with van der Waals surface area (Å²) in [6.07, 6.45) is 5.45. The van der Waals surface area contributed by atoms with E-state index in [4.69, 9.17) is 0 Å². The van der Waals surface area contributed by atoms with Crippen LogP contribution in [-0.2, 0) is 0 Å². The van der Waals surface area contributed by atoms with Gasteiger partial charge < -0.3 is 9.80 Å². The lowest BCUT2D eigenvalue weighted by Gasteiger charge is -2.41. The van der Waals surface area contributed by atoms with Crippen LogP contribution in [-0.4, -0.2) is 72.6 Å². The number of rotatable bonds is 4. The van der Waals surface area contributed by atoms with Crippen molar-refractivity contribution in [3.05, 3.63) is 0 Å². The second kappa shape index (κ2) is 7.94. The third-order valence-corrected chi connectivity index (χ3v) is 5.30. The molecule has 0 aromatic carbocycles. The van der Waals surface area contributed by atoms with E-state index in [0.29, 0.717) is 5.54 Å². The molecule has 2 fully saturated rings. The number of hydrogen-bond donors (Lipinski definition) is 0. The highest BCUT2D eigenvalue weighted by molar-refractivity contribution is 4.83. The Labute approximate surface area is 132 Å². The highest BCUT2D eigenvalue weighted by Crippen LogP contribution is 2.24. The van der Waals surface area contributed by atoms with Crippen molar-refractivity contribution in [1.29, 1.82) is 0 Å². The Morgan fingerprint density at radius 3 is 2.10 bits per heavy atom. The predicted octanol–water partition coefficient (Wildman–Crippen LogP) is 2.91. The fraction of sp³-hybridized carbons (Fsp3) is 1.00. The third kappa shape index (κ3) is 5.54. The molecule has 2 rings (SSSR count). The summed E-state index contributed by atoms with van der Waals surface area (Å²) in [5.74, 6) is 0.932. The highest BCUT2D eigenvalue weighted by Gasteiger charge is 2.28. The van der Waals surface area contributed by atoms with Crippen molar-refractivity contribution in [2.75, 3.05) is 52.4 Å². The van der Waals surface area contributed by atoms with Crippen LogP contribution in [0.25, 0.3) is 0 Å². The summed E-state index contributed by atoms with van der Waals surface area (Å²) in [5.41, 5.74) is 0.355. The topological polar surface area (TPSA) is 9.72 Å². The van der Waals surface area contributed by atoms with E-state index >= 15 is 0 Å². The van der Waals surface area contributed by atoms with Gasteiger partial charge in [-0.05, 0) is 85.1 Å². The normalized spacial score (nSPS) is 25.1. The summed E-state index contributed by atoms with van der Waals surface area (Å²) >= 11 is 0. The molecule has 3 heteroatoms. The fourth-order valence-corrected chi connectivity index (χ4v) is 3.90. The maximum Gasteiger partial charge on any atom is 0.0125 e. The Morgan fingerprint density at radius 2 is 1.48 bits per heavy atom. The van der Waals surface area contributed by atoms with Gasteiger partial charge in [0.15, 0.2) is 0 Å². The maximum atomic E-state index is 2.74. The summed E-state index contributed by atoms with van der Waals surface area (Å²) in [5, 5.41) is 0. The molecule has 124 valence electrons. The molecule has 0 radical (unpaired) electrons. The van der Waals surface area contributed by atoms with Crippen LogP contribution in [0.4, 0.5) is 0 Å². The number of hydrogen-bond acceptors (Lipinski definition) is 3. The quantitative estimate of drug-likeness (QED) is 0.789. The fourth-order valence-electron chi connectivity index (χ4n) is 3.90. The van der Waals surface area contributed by atoms with E-state index in [-0.39, 0.29) is 0 Å². The first-order valence-corrected chi connectivity index (χ1v) is 9.19. The number of nitrogens with zero attached hydrogens (tertiary/aromatic N) is 3. The Morgan fingerprint density at radius 1 is 0.857 bits per heavy atom. The first kappa shape index (κ1) is 17.2.